The quantitative estimate of drug-likeness (QED) is 0.832. The maximum atomic E-state index is 4.04. The lowest BCUT2D eigenvalue weighted by Gasteiger charge is -2.46. The summed E-state index contributed by atoms with van der Waals surface area (Å²) in [6.07, 6.45) is 2.21. The molecule has 0 atom stereocenters. The molecule has 0 radical (unpaired) electrons. The second-order valence-electron chi connectivity index (χ2n) is 5.89. The summed E-state index contributed by atoms with van der Waals surface area (Å²) in [6, 6.07) is 0.471. The van der Waals surface area contributed by atoms with Crippen molar-refractivity contribution in [3.63, 3.8) is 0 Å². The Hall–Kier alpha value is -0.680. The van der Waals surface area contributed by atoms with Crippen LogP contribution in [0, 0.1) is 0 Å². The molecule has 16 heavy (non-hydrogen) atoms. The normalized spacial score (nSPS) is 24.2. The van der Waals surface area contributed by atoms with Gasteiger partial charge in [-0.3, -0.25) is 0 Å². The minimum atomic E-state index is 0.171. The fourth-order valence-electron chi connectivity index (χ4n) is 2.83. The molecule has 0 bridgehead atoms. The summed E-state index contributed by atoms with van der Waals surface area (Å²) in [4.78, 5) is 0. The van der Waals surface area contributed by atoms with Gasteiger partial charge in [0.05, 0.1) is 0 Å². The molecule has 2 heterocycles. The van der Waals surface area contributed by atoms with E-state index in [4.69, 9.17) is 0 Å². The van der Waals surface area contributed by atoms with Crippen molar-refractivity contribution in [3.05, 3.63) is 5.51 Å². The van der Waals surface area contributed by atoms with Crippen molar-refractivity contribution < 1.29 is 0 Å². The van der Waals surface area contributed by atoms with Crippen molar-refractivity contribution in [2.75, 3.05) is 5.32 Å². The molecule has 0 aliphatic carbocycles. The van der Waals surface area contributed by atoms with E-state index < -0.39 is 0 Å². The number of nitrogens with zero attached hydrogens (tertiary/aromatic N) is 2. The Bertz CT molecular complexity index is 329. The highest BCUT2D eigenvalue weighted by Crippen LogP contribution is 2.30. The van der Waals surface area contributed by atoms with Crippen molar-refractivity contribution in [1.82, 2.24) is 15.5 Å². The molecule has 90 valence electrons. The predicted octanol–water partition coefficient (Wildman–Crippen LogP) is 2.26. The van der Waals surface area contributed by atoms with Crippen molar-refractivity contribution in [3.8, 4) is 0 Å². The molecule has 0 saturated carbocycles. The number of hydrogen-bond acceptors (Lipinski definition) is 5. The summed E-state index contributed by atoms with van der Waals surface area (Å²) in [5.74, 6) is 0. The Balaban J connectivity index is 2.05. The van der Waals surface area contributed by atoms with Crippen LogP contribution in [0.1, 0.15) is 40.5 Å². The van der Waals surface area contributed by atoms with E-state index in [1.165, 1.54) is 0 Å². The molecule has 1 aromatic rings. The van der Waals surface area contributed by atoms with E-state index in [1.807, 2.05) is 0 Å². The smallest absolute Gasteiger partial charge is 0.205 e. The van der Waals surface area contributed by atoms with Gasteiger partial charge in [0, 0.05) is 17.1 Å². The number of anilines is 1. The van der Waals surface area contributed by atoms with Gasteiger partial charge in [-0.05, 0) is 40.5 Å². The first kappa shape index (κ1) is 11.8. The molecule has 1 aromatic heterocycles. The molecule has 0 unspecified atom stereocenters. The van der Waals surface area contributed by atoms with E-state index in [0.717, 1.165) is 18.0 Å². The number of piperidine rings is 1. The van der Waals surface area contributed by atoms with Crippen LogP contribution in [0.5, 0.6) is 0 Å². The number of nitrogens with one attached hydrogen (secondary N) is 2. The second kappa shape index (κ2) is 3.96. The van der Waals surface area contributed by atoms with E-state index in [2.05, 4.69) is 48.5 Å². The molecule has 1 fully saturated rings. The molecule has 1 aliphatic heterocycles. The van der Waals surface area contributed by atoms with E-state index in [9.17, 15) is 0 Å². The number of aromatic nitrogens is 2. The average molecular weight is 240 g/mol. The Morgan fingerprint density at radius 3 is 2.44 bits per heavy atom. The van der Waals surface area contributed by atoms with Gasteiger partial charge in [0.25, 0.3) is 0 Å². The second-order valence-corrected chi connectivity index (χ2v) is 6.72. The predicted molar refractivity (Wildman–Crippen MR) is 67.8 cm³/mol. The monoisotopic (exact) mass is 240 g/mol. The van der Waals surface area contributed by atoms with E-state index in [1.54, 1.807) is 16.8 Å². The van der Waals surface area contributed by atoms with Crippen LogP contribution in [-0.2, 0) is 0 Å². The van der Waals surface area contributed by atoms with E-state index in [0.29, 0.717) is 6.04 Å². The molecular formula is C11H20N4S. The lowest BCUT2D eigenvalue weighted by Crippen LogP contribution is -2.60. The van der Waals surface area contributed by atoms with Crippen LogP contribution in [0.15, 0.2) is 5.51 Å². The summed E-state index contributed by atoms with van der Waals surface area (Å²) in [6.45, 7) is 9.01. The van der Waals surface area contributed by atoms with Crippen molar-refractivity contribution in [2.24, 2.45) is 0 Å². The minimum Gasteiger partial charge on any atom is -0.357 e. The van der Waals surface area contributed by atoms with Crippen LogP contribution in [0.2, 0.25) is 0 Å². The highest BCUT2D eigenvalue weighted by Gasteiger charge is 2.37. The van der Waals surface area contributed by atoms with Crippen molar-refractivity contribution in [2.45, 2.75) is 57.7 Å². The topological polar surface area (TPSA) is 49.8 Å². The van der Waals surface area contributed by atoms with Gasteiger partial charge < -0.3 is 10.6 Å². The molecule has 1 aliphatic rings. The van der Waals surface area contributed by atoms with Crippen LogP contribution in [0.4, 0.5) is 5.13 Å². The Labute approximate surface area is 101 Å². The van der Waals surface area contributed by atoms with E-state index >= 15 is 0 Å². The van der Waals surface area contributed by atoms with Gasteiger partial charge in [-0.15, -0.1) is 10.2 Å². The summed E-state index contributed by atoms with van der Waals surface area (Å²) < 4.78 is 0. The van der Waals surface area contributed by atoms with Crippen LogP contribution < -0.4 is 10.6 Å². The van der Waals surface area contributed by atoms with Crippen LogP contribution in [0.25, 0.3) is 0 Å². The maximum absolute atomic E-state index is 4.04. The van der Waals surface area contributed by atoms with Crippen molar-refractivity contribution in [1.29, 1.82) is 0 Å². The van der Waals surface area contributed by atoms with Gasteiger partial charge >= 0.3 is 0 Å². The fourth-order valence-corrected chi connectivity index (χ4v) is 3.36. The van der Waals surface area contributed by atoms with Gasteiger partial charge in [-0.2, -0.15) is 0 Å². The number of rotatable bonds is 2. The SMILES string of the molecule is CC1(C)CC(Nc2nncs2)CC(C)(C)N1. The molecule has 0 amide bonds. The Morgan fingerprint density at radius 1 is 1.31 bits per heavy atom. The molecule has 2 N–H and O–H groups in total. The third-order valence-electron chi connectivity index (χ3n) is 2.88. The molecule has 5 heteroatoms. The fraction of sp³-hybridized carbons (Fsp3) is 0.818. The molecule has 2 rings (SSSR count). The zero-order valence-corrected chi connectivity index (χ0v) is 11.2. The molecule has 0 aromatic carbocycles. The van der Waals surface area contributed by atoms with Crippen LogP contribution in [-0.4, -0.2) is 27.3 Å². The molecular weight excluding hydrogens is 220 g/mol. The van der Waals surface area contributed by atoms with Gasteiger partial charge in [-0.1, -0.05) is 11.3 Å². The largest absolute Gasteiger partial charge is 0.357 e. The Kier molecular flexibility index (Phi) is 2.92. The minimum absolute atomic E-state index is 0.171. The first-order chi connectivity index (χ1) is 7.36. The Morgan fingerprint density at radius 2 is 1.94 bits per heavy atom. The third-order valence-corrected chi connectivity index (χ3v) is 3.50. The number of hydrogen-bond donors (Lipinski definition) is 2. The van der Waals surface area contributed by atoms with Crippen LogP contribution in [0.3, 0.4) is 0 Å². The third kappa shape index (κ3) is 2.92. The standard InChI is InChI=1S/C11H20N4S/c1-10(2)5-8(6-11(3,4)15-10)13-9-14-12-7-16-9/h7-8,15H,5-6H2,1-4H3,(H,13,14). The zero-order valence-electron chi connectivity index (χ0n) is 10.4. The zero-order chi connectivity index (χ0) is 11.8. The summed E-state index contributed by atoms with van der Waals surface area (Å²) in [5, 5.41) is 16.0. The maximum Gasteiger partial charge on any atom is 0.205 e. The summed E-state index contributed by atoms with van der Waals surface area (Å²) in [5.41, 5.74) is 2.11. The van der Waals surface area contributed by atoms with Gasteiger partial charge in [0.1, 0.15) is 5.51 Å². The first-order valence-electron chi connectivity index (χ1n) is 5.68. The van der Waals surface area contributed by atoms with Gasteiger partial charge in [0.15, 0.2) is 0 Å². The van der Waals surface area contributed by atoms with Gasteiger partial charge in [-0.25, -0.2) is 0 Å². The molecule has 4 nitrogen and oxygen atoms in total. The van der Waals surface area contributed by atoms with Gasteiger partial charge in [0.2, 0.25) is 5.13 Å². The molecule has 1 saturated heterocycles. The first-order valence-corrected chi connectivity index (χ1v) is 6.56. The lowest BCUT2D eigenvalue weighted by atomic mass is 9.80. The average Bonchev–Trinajstić information content (AvgIpc) is 2.49. The summed E-state index contributed by atoms with van der Waals surface area (Å²) in [7, 11) is 0. The lowest BCUT2D eigenvalue weighted by molar-refractivity contribution is 0.170. The van der Waals surface area contributed by atoms with Crippen LogP contribution >= 0.6 is 11.3 Å². The molecule has 0 spiro atoms. The van der Waals surface area contributed by atoms with E-state index in [-0.39, 0.29) is 11.1 Å². The van der Waals surface area contributed by atoms with Crippen molar-refractivity contribution >= 4 is 16.5 Å². The highest BCUT2D eigenvalue weighted by atomic mass is 32.1. The highest BCUT2D eigenvalue weighted by molar-refractivity contribution is 7.13. The summed E-state index contributed by atoms with van der Waals surface area (Å²) >= 11 is 1.56.